The van der Waals surface area contributed by atoms with Crippen LogP contribution < -0.4 is 0 Å². The fourth-order valence-electron chi connectivity index (χ4n) is 3.68. The predicted molar refractivity (Wildman–Crippen MR) is 91.9 cm³/mol. The number of halogens is 1. The largest absolute Gasteiger partial charge is 0.481 e. The molecular weight excluding hydrogens is 368 g/mol. The maximum Gasteiger partial charge on any atom is 0.313 e. The first-order valence-corrected chi connectivity index (χ1v) is 9.95. The number of amides is 1. The molecule has 0 spiro atoms. The van der Waals surface area contributed by atoms with Crippen LogP contribution in [0.1, 0.15) is 17.3 Å². The molecule has 0 bridgehead atoms. The van der Waals surface area contributed by atoms with Crippen molar-refractivity contribution in [1.29, 1.82) is 0 Å². The zero-order valence-electron chi connectivity index (χ0n) is 13.7. The predicted octanol–water partition coefficient (Wildman–Crippen LogP) is 1.15. The molecule has 1 N–H and O–H groups in total. The molecule has 136 valence electrons. The molecular formula is C16H19ClN2O5S. The second-order valence-electron chi connectivity index (χ2n) is 6.52. The standard InChI is InChI=1S/C16H19ClN2O5S/c1-2-25(23,24)19-8-11-7-18(9-16(11,10-19)15(21)22)14(20)12-5-3-4-6-13(12)17/h3-6,11H,2,7-10H2,1H3,(H,21,22)/t11-,16-/m1/s1. The molecule has 0 saturated carbocycles. The molecule has 1 aromatic rings. The number of nitrogens with zero attached hydrogens (tertiary/aromatic N) is 2. The molecule has 2 heterocycles. The Morgan fingerprint density at radius 1 is 1.28 bits per heavy atom. The van der Waals surface area contributed by atoms with Crippen molar-refractivity contribution in [2.75, 3.05) is 31.9 Å². The Morgan fingerprint density at radius 2 is 1.96 bits per heavy atom. The first-order valence-electron chi connectivity index (χ1n) is 7.96. The van der Waals surface area contributed by atoms with E-state index in [9.17, 15) is 23.1 Å². The van der Waals surface area contributed by atoms with E-state index in [4.69, 9.17) is 11.6 Å². The average molecular weight is 387 g/mol. The first-order chi connectivity index (χ1) is 11.7. The summed E-state index contributed by atoms with van der Waals surface area (Å²) < 4.78 is 25.5. The quantitative estimate of drug-likeness (QED) is 0.837. The zero-order valence-corrected chi connectivity index (χ0v) is 15.3. The molecule has 3 rings (SSSR count). The lowest BCUT2D eigenvalue weighted by Crippen LogP contribution is -2.43. The lowest BCUT2D eigenvalue weighted by molar-refractivity contribution is -0.148. The summed E-state index contributed by atoms with van der Waals surface area (Å²) in [6.45, 7) is 1.73. The second-order valence-corrected chi connectivity index (χ2v) is 9.18. The van der Waals surface area contributed by atoms with Gasteiger partial charge in [-0.15, -0.1) is 0 Å². The van der Waals surface area contributed by atoms with E-state index in [1.54, 1.807) is 24.3 Å². The number of hydrogen-bond donors (Lipinski definition) is 1. The Labute approximate surface area is 151 Å². The van der Waals surface area contributed by atoms with Crippen molar-refractivity contribution < 1.29 is 23.1 Å². The molecule has 25 heavy (non-hydrogen) atoms. The van der Waals surface area contributed by atoms with E-state index in [2.05, 4.69) is 0 Å². The molecule has 2 atom stereocenters. The Morgan fingerprint density at radius 3 is 2.52 bits per heavy atom. The normalized spacial score (nSPS) is 26.6. The molecule has 2 saturated heterocycles. The number of sulfonamides is 1. The number of carboxylic acid groups (broad SMARTS) is 1. The Hall–Kier alpha value is -1.64. The Bertz CT molecular complexity index is 828. The Balaban J connectivity index is 1.87. The van der Waals surface area contributed by atoms with Crippen LogP contribution in [0.5, 0.6) is 0 Å². The highest BCUT2D eigenvalue weighted by molar-refractivity contribution is 7.89. The van der Waals surface area contributed by atoms with Crippen LogP contribution in [0.2, 0.25) is 5.02 Å². The van der Waals surface area contributed by atoms with Crippen molar-refractivity contribution in [3.05, 3.63) is 34.9 Å². The SMILES string of the molecule is CCS(=O)(=O)N1C[C@H]2CN(C(=O)c3ccccc3Cl)C[C@@]2(C(=O)O)C1. The van der Waals surface area contributed by atoms with Crippen molar-refractivity contribution in [2.45, 2.75) is 6.92 Å². The number of benzene rings is 1. The number of carboxylic acids is 1. The van der Waals surface area contributed by atoms with E-state index in [-0.39, 0.29) is 37.8 Å². The van der Waals surface area contributed by atoms with Gasteiger partial charge in [-0.25, -0.2) is 12.7 Å². The van der Waals surface area contributed by atoms with E-state index in [1.807, 2.05) is 0 Å². The van der Waals surface area contributed by atoms with Gasteiger partial charge in [0.25, 0.3) is 5.91 Å². The summed E-state index contributed by atoms with van der Waals surface area (Å²) in [7, 11) is -3.46. The van der Waals surface area contributed by atoms with E-state index >= 15 is 0 Å². The van der Waals surface area contributed by atoms with Gasteiger partial charge in [0.2, 0.25) is 10.0 Å². The highest BCUT2D eigenvalue weighted by Gasteiger charge is 2.60. The summed E-state index contributed by atoms with van der Waals surface area (Å²) in [5.74, 6) is -1.90. The third-order valence-electron chi connectivity index (χ3n) is 5.15. The third-order valence-corrected chi connectivity index (χ3v) is 7.28. The van der Waals surface area contributed by atoms with Crippen molar-refractivity contribution in [1.82, 2.24) is 9.21 Å². The second kappa shape index (κ2) is 6.26. The van der Waals surface area contributed by atoms with Gasteiger partial charge in [0.05, 0.1) is 16.3 Å². The topological polar surface area (TPSA) is 95.0 Å². The summed E-state index contributed by atoms with van der Waals surface area (Å²) in [5, 5.41) is 10.1. The van der Waals surface area contributed by atoms with Gasteiger partial charge in [0.15, 0.2) is 0 Å². The smallest absolute Gasteiger partial charge is 0.313 e. The summed E-state index contributed by atoms with van der Waals surface area (Å²) in [6, 6.07) is 6.61. The van der Waals surface area contributed by atoms with Crippen LogP contribution in [-0.4, -0.2) is 66.5 Å². The molecule has 2 aliphatic heterocycles. The van der Waals surface area contributed by atoms with Gasteiger partial charge in [-0.3, -0.25) is 9.59 Å². The van der Waals surface area contributed by atoms with Crippen LogP contribution in [0.25, 0.3) is 0 Å². The number of rotatable bonds is 4. The fraction of sp³-hybridized carbons (Fsp3) is 0.500. The average Bonchev–Trinajstić information content (AvgIpc) is 3.10. The van der Waals surface area contributed by atoms with Gasteiger partial charge in [0, 0.05) is 32.1 Å². The fourth-order valence-corrected chi connectivity index (χ4v) is 5.09. The number of fused-ring (bicyclic) bond motifs is 1. The van der Waals surface area contributed by atoms with Crippen LogP contribution in [0.3, 0.4) is 0 Å². The number of carbonyl (C=O) groups is 2. The maximum absolute atomic E-state index is 12.7. The van der Waals surface area contributed by atoms with Gasteiger partial charge in [-0.1, -0.05) is 23.7 Å². The van der Waals surface area contributed by atoms with Crippen LogP contribution in [0.4, 0.5) is 0 Å². The monoisotopic (exact) mass is 386 g/mol. The van der Waals surface area contributed by atoms with Crippen LogP contribution >= 0.6 is 11.6 Å². The van der Waals surface area contributed by atoms with Gasteiger partial charge in [0.1, 0.15) is 5.41 Å². The molecule has 1 amide bonds. The van der Waals surface area contributed by atoms with Gasteiger partial charge >= 0.3 is 5.97 Å². The maximum atomic E-state index is 12.7. The third kappa shape index (κ3) is 2.92. The summed E-state index contributed by atoms with van der Waals surface area (Å²) in [4.78, 5) is 26.1. The lowest BCUT2D eigenvalue weighted by Gasteiger charge is -2.25. The molecule has 0 aromatic heterocycles. The van der Waals surface area contributed by atoms with Crippen molar-refractivity contribution in [3.63, 3.8) is 0 Å². The van der Waals surface area contributed by atoms with Crippen LogP contribution in [-0.2, 0) is 14.8 Å². The first kappa shape index (κ1) is 18.2. The number of aliphatic carboxylic acids is 1. The van der Waals surface area contributed by atoms with E-state index in [0.717, 1.165) is 0 Å². The minimum atomic E-state index is -3.46. The minimum Gasteiger partial charge on any atom is -0.481 e. The summed E-state index contributed by atoms with van der Waals surface area (Å²) in [6.07, 6.45) is 0. The lowest BCUT2D eigenvalue weighted by atomic mass is 9.81. The van der Waals surface area contributed by atoms with Crippen LogP contribution in [0, 0.1) is 11.3 Å². The van der Waals surface area contributed by atoms with Crippen molar-refractivity contribution in [2.24, 2.45) is 11.3 Å². The van der Waals surface area contributed by atoms with Crippen LogP contribution in [0.15, 0.2) is 24.3 Å². The Kier molecular flexibility index (Phi) is 4.55. The van der Waals surface area contributed by atoms with E-state index in [1.165, 1.54) is 16.1 Å². The number of carbonyl (C=O) groups excluding carboxylic acids is 1. The molecule has 2 fully saturated rings. The van der Waals surface area contributed by atoms with Gasteiger partial charge in [-0.2, -0.15) is 0 Å². The minimum absolute atomic E-state index is 0.0210. The van der Waals surface area contributed by atoms with Gasteiger partial charge in [-0.05, 0) is 19.1 Å². The molecule has 1 aromatic carbocycles. The van der Waals surface area contributed by atoms with Crippen molar-refractivity contribution >= 4 is 33.5 Å². The highest BCUT2D eigenvalue weighted by atomic mass is 35.5. The highest BCUT2D eigenvalue weighted by Crippen LogP contribution is 2.44. The summed E-state index contributed by atoms with van der Waals surface area (Å²) in [5.41, 5.74) is -0.943. The molecule has 0 unspecified atom stereocenters. The van der Waals surface area contributed by atoms with E-state index in [0.29, 0.717) is 10.6 Å². The summed E-state index contributed by atoms with van der Waals surface area (Å²) >= 11 is 6.07. The van der Waals surface area contributed by atoms with E-state index < -0.39 is 27.3 Å². The molecule has 0 radical (unpaired) electrons. The zero-order chi connectivity index (χ0) is 18.4. The molecule has 7 nitrogen and oxygen atoms in total. The van der Waals surface area contributed by atoms with Gasteiger partial charge < -0.3 is 10.0 Å². The molecule has 2 aliphatic rings. The number of likely N-dealkylation sites (tertiary alicyclic amines) is 1. The molecule has 9 heteroatoms. The van der Waals surface area contributed by atoms with Crippen molar-refractivity contribution in [3.8, 4) is 0 Å². The molecule has 0 aliphatic carbocycles. The number of hydrogen-bond acceptors (Lipinski definition) is 4.